The zero-order chi connectivity index (χ0) is 20.9. The Labute approximate surface area is 173 Å². The van der Waals surface area contributed by atoms with Crippen molar-refractivity contribution in [2.45, 2.75) is 122 Å². The smallest absolute Gasteiger partial charge is 0.326 e. The molecule has 0 radical (unpaired) electrons. The Morgan fingerprint density at radius 3 is 1.71 bits per heavy atom. The van der Waals surface area contributed by atoms with Crippen molar-refractivity contribution in [2.75, 3.05) is 13.6 Å². The zero-order valence-corrected chi connectivity index (χ0v) is 18.6. The van der Waals surface area contributed by atoms with Crippen LogP contribution >= 0.6 is 0 Å². The summed E-state index contributed by atoms with van der Waals surface area (Å²) in [4.78, 5) is 23.2. The van der Waals surface area contributed by atoms with E-state index in [4.69, 9.17) is 0 Å². The normalized spacial score (nSPS) is 12.1. The molecule has 0 saturated heterocycles. The fourth-order valence-electron chi connectivity index (χ4n) is 3.48. The molecule has 0 aromatic carbocycles. The van der Waals surface area contributed by atoms with Crippen LogP contribution in [-0.4, -0.2) is 36.6 Å². The van der Waals surface area contributed by atoms with Gasteiger partial charge in [0, 0.05) is 6.42 Å². The third-order valence-corrected chi connectivity index (χ3v) is 5.31. The van der Waals surface area contributed by atoms with Crippen LogP contribution in [0.25, 0.3) is 0 Å². The summed E-state index contributed by atoms with van der Waals surface area (Å²) in [6.07, 6.45) is 19.3. The second kappa shape index (κ2) is 20.6. The second-order valence-electron chi connectivity index (χ2n) is 8.05. The maximum Gasteiger partial charge on any atom is 0.326 e. The number of carbonyl (C=O) groups is 2. The van der Waals surface area contributed by atoms with Gasteiger partial charge in [0.15, 0.2) is 0 Å². The van der Waals surface area contributed by atoms with Crippen molar-refractivity contribution in [3.8, 4) is 0 Å². The number of amides is 1. The number of carboxylic acids is 1. The first-order valence-corrected chi connectivity index (χ1v) is 11.8. The summed E-state index contributed by atoms with van der Waals surface area (Å²) in [6.45, 7) is 3.13. The molecule has 1 amide bonds. The third kappa shape index (κ3) is 18.3. The topological polar surface area (TPSA) is 78.4 Å². The minimum atomic E-state index is -0.928. The number of carbonyl (C=O) groups excluding carboxylic acids is 1. The van der Waals surface area contributed by atoms with E-state index in [-0.39, 0.29) is 5.91 Å². The third-order valence-electron chi connectivity index (χ3n) is 5.31. The summed E-state index contributed by atoms with van der Waals surface area (Å²) in [5.74, 6) is -1.05. The van der Waals surface area contributed by atoms with Crippen LogP contribution in [0.2, 0.25) is 0 Å². The quantitative estimate of drug-likeness (QED) is 0.225. The molecule has 0 heterocycles. The van der Waals surface area contributed by atoms with Crippen LogP contribution in [0.1, 0.15) is 116 Å². The first-order valence-electron chi connectivity index (χ1n) is 11.8. The second-order valence-corrected chi connectivity index (χ2v) is 8.05. The summed E-state index contributed by atoms with van der Waals surface area (Å²) in [5, 5.41) is 15.0. The van der Waals surface area contributed by atoms with Crippen molar-refractivity contribution in [1.82, 2.24) is 10.6 Å². The average Bonchev–Trinajstić information content (AvgIpc) is 2.67. The summed E-state index contributed by atoms with van der Waals surface area (Å²) in [6, 6.07) is -0.744. The van der Waals surface area contributed by atoms with Crippen molar-refractivity contribution in [3.05, 3.63) is 0 Å². The lowest BCUT2D eigenvalue weighted by molar-refractivity contribution is -0.142. The van der Waals surface area contributed by atoms with E-state index < -0.39 is 12.0 Å². The largest absolute Gasteiger partial charge is 0.480 e. The molecule has 0 aliphatic heterocycles. The number of unbranched alkanes of at least 4 members (excludes halogenated alkanes) is 13. The van der Waals surface area contributed by atoms with Gasteiger partial charge < -0.3 is 15.7 Å². The molecule has 3 N–H and O–H groups in total. The van der Waals surface area contributed by atoms with Crippen LogP contribution in [-0.2, 0) is 9.59 Å². The van der Waals surface area contributed by atoms with E-state index in [0.29, 0.717) is 12.8 Å². The minimum Gasteiger partial charge on any atom is -0.480 e. The van der Waals surface area contributed by atoms with Gasteiger partial charge in [-0.05, 0) is 39.3 Å². The molecule has 0 rings (SSSR count). The van der Waals surface area contributed by atoms with Gasteiger partial charge in [0.1, 0.15) is 6.04 Å². The van der Waals surface area contributed by atoms with Gasteiger partial charge in [-0.25, -0.2) is 4.79 Å². The summed E-state index contributed by atoms with van der Waals surface area (Å²) in [5.41, 5.74) is 0. The van der Waals surface area contributed by atoms with Crippen molar-refractivity contribution in [1.29, 1.82) is 0 Å². The molecule has 166 valence electrons. The van der Waals surface area contributed by atoms with Crippen molar-refractivity contribution >= 4 is 11.9 Å². The molecular formula is C23H46N2O3. The Morgan fingerprint density at radius 1 is 0.750 bits per heavy atom. The Balaban J connectivity index is 3.51. The van der Waals surface area contributed by atoms with E-state index >= 15 is 0 Å². The number of hydrogen-bond acceptors (Lipinski definition) is 3. The van der Waals surface area contributed by atoms with Gasteiger partial charge in [0.05, 0.1) is 0 Å². The fourth-order valence-corrected chi connectivity index (χ4v) is 3.48. The minimum absolute atomic E-state index is 0.121. The lowest BCUT2D eigenvalue weighted by Gasteiger charge is -2.14. The lowest BCUT2D eigenvalue weighted by atomic mass is 10.0. The zero-order valence-electron chi connectivity index (χ0n) is 18.6. The molecular weight excluding hydrogens is 352 g/mol. The highest BCUT2D eigenvalue weighted by molar-refractivity contribution is 5.83. The molecule has 0 fully saturated rings. The van der Waals surface area contributed by atoms with Gasteiger partial charge in [-0.15, -0.1) is 0 Å². The molecule has 0 aromatic rings. The predicted octanol–water partition coefficient (Wildman–Crippen LogP) is 5.43. The highest BCUT2D eigenvalue weighted by atomic mass is 16.4. The van der Waals surface area contributed by atoms with Gasteiger partial charge in [0.2, 0.25) is 5.91 Å². The van der Waals surface area contributed by atoms with E-state index in [1.807, 2.05) is 7.05 Å². The first-order chi connectivity index (χ1) is 13.6. The predicted molar refractivity (Wildman–Crippen MR) is 118 cm³/mol. The molecule has 0 spiro atoms. The Bertz CT molecular complexity index is 375. The molecule has 5 heteroatoms. The van der Waals surface area contributed by atoms with Crippen LogP contribution in [0.15, 0.2) is 0 Å². The standard InChI is InChI=1S/C23H46N2O3/c1-3-4-5-6-7-8-9-10-11-12-13-14-15-19-22(26)25-21(23(27)28)18-16-17-20-24-2/h21,24H,3-20H2,1-2H3,(H,25,26)(H,27,28). The Kier molecular flexibility index (Phi) is 19.8. The van der Waals surface area contributed by atoms with Crippen LogP contribution in [0, 0.1) is 0 Å². The van der Waals surface area contributed by atoms with Crippen molar-refractivity contribution in [3.63, 3.8) is 0 Å². The van der Waals surface area contributed by atoms with E-state index in [9.17, 15) is 14.7 Å². The SMILES string of the molecule is CCCCCCCCCCCCCCCC(=O)NC(CCCCNC)C(=O)O. The molecule has 0 saturated carbocycles. The van der Waals surface area contributed by atoms with E-state index in [1.54, 1.807) is 0 Å². The molecule has 0 bridgehead atoms. The van der Waals surface area contributed by atoms with Gasteiger partial charge in [0.25, 0.3) is 0 Å². The van der Waals surface area contributed by atoms with Gasteiger partial charge in [-0.3, -0.25) is 4.79 Å². The molecule has 1 atom stereocenters. The summed E-state index contributed by atoms with van der Waals surface area (Å²) in [7, 11) is 1.88. The number of hydrogen-bond donors (Lipinski definition) is 3. The summed E-state index contributed by atoms with van der Waals surface area (Å²) >= 11 is 0. The fraction of sp³-hybridized carbons (Fsp3) is 0.913. The summed E-state index contributed by atoms with van der Waals surface area (Å²) < 4.78 is 0. The maximum absolute atomic E-state index is 12.0. The number of rotatable bonds is 21. The van der Waals surface area contributed by atoms with Crippen molar-refractivity contribution in [2.24, 2.45) is 0 Å². The maximum atomic E-state index is 12.0. The van der Waals surface area contributed by atoms with Crippen molar-refractivity contribution < 1.29 is 14.7 Å². The van der Waals surface area contributed by atoms with Crippen LogP contribution in [0.4, 0.5) is 0 Å². The Morgan fingerprint density at radius 2 is 1.25 bits per heavy atom. The van der Waals surface area contributed by atoms with E-state index in [1.165, 1.54) is 70.6 Å². The van der Waals surface area contributed by atoms with Gasteiger partial charge in [-0.2, -0.15) is 0 Å². The lowest BCUT2D eigenvalue weighted by Crippen LogP contribution is -2.40. The van der Waals surface area contributed by atoms with Crippen LogP contribution in [0.3, 0.4) is 0 Å². The van der Waals surface area contributed by atoms with Gasteiger partial charge >= 0.3 is 5.97 Å². The number of aliphatic carboxylic acids is 1. The molecule has 5 nitrogen and oxygen atoms in total. The first kappa shape index (κ1) is 26.9. The molecule has 28 heavy (non-hydrogen) atoms. The van der Waals surface area contributed by atoms with Gasteiger partial charge in [-0.1, -0.05) is 84.0 Å². The number of carboxylic acid groups (broad SMARTS) is 1. The average molecular weight is 399 g/mol. The molecule has 0 aliphatic carbocycles. The van der Waals surface area contributed by atoms with Crippen LogP contribution in [0.5, 0.6) is 0 Å². The molecule has 1 unspecified atom stereocenters. The van der Waals surface area contributed by atoms with E-state index in [2.05, 4.69) is 17.6 Å². The highest BCUT2D eigenvalue weighted by Gasteiger charge is 2.18. The highest BCUT2D eigenvalue weighted by Crippen LogP contribution is 2.13. The molecule has 0 aromatic heterocycles. The molecule has 0 aliphatic rings. The monoisotopic (exact) mass is 398 g/mol. The van der Waals surface area contributed by atoms with E-state index in [0.717, 1.165) is 32.2 Å². The Hall–Kier alpha value is -1.10. The number of nitrogens with one attached hydrogen (secondary N) is 2. The van der Waals surface area contributed by atoms with Crippen LogP contribution < -0.4 is 10.6 Å².